The van der Waals surface area contributed by atoms with Crippen molar-refractivity contribution in [2.45, 2.75) is 26.8 Å². The van der Waals surface area contributed by atoms with Crippen LogP contribution in [0.3, 0.4) is 0 Å². The van der Waals surface area contributed by atoms with Gasteiger partial charge in [-0.15, -0.1) is 0 Å². The van der Waals surface area contributed by atoms with E-state index in [4.69, 9.17) is 21.1 Å². The summed E-state index contributed by atoms with van der Waals surface area (Å²) < 4.78 is 10.9. The van der Waals surface area contributed by atoms with E-state index < -0.39 is 17.7 Å². The van der Waals surface area contributed by atoms with E-state index in [9.17, 15) is 14.7 Å². The molecule has 7 heteroatoms. The predicted molar refractivity (Wildman–Crippen MR) is 136 cm³/mol. The zero-order valence-corrected chi connectivity index (χ0v) is 20.7. The molecule has 0 saturated carbocycles. The first-order valence-corrected chi connectivity index (χ1v) is 11.6. The van der Waals surface area contributed by atoms with Crippen LogP contribution in [0, 0.1) is 13.8 Å². The number of rotatable bonds is 6. The smallest absolute Gasteiger partial charge is 0.300 e. The Morgan fingerprint density at radius 3 is 2.26 bits per heavy atom. The van der Waals surface area contributed by atoms with Crippen molar-refractivity contribution in [2.24, 2.45) is 0 Å². The number of aryl methyl sites for hydroxylation is 2. The largest absolute Gasteiger partial charge is 0.507 e. The molecule has 1 aliphatic heterocycles. The number of aliphatic hydroxyl groups excluding tert-OH is 1. The topological polar surface area (TPSA) is 76.1 Å². The molecule has 0 aliphatic carbocycles. The van der Waals surface area contributed by atoms with Crippen molar-refractivity contribution in [1.82, 2.24) is 0 Å². The molecule has 1 heterocycles. The molecule has 35 heavy (non-hydrogen) atoms. The number of carbonyl (C=O) groups is 2. The van der Waals surface area contributed by atoms with Crippen LogP contribution in [0.4, 0.5) is 5.69 Å². The average molecular weight is 492 g/mol. The highest BCUT2D eigenvalue weighted by Gasteiger charge is 2.47. The van der Waals surface area contributed by atoms with Crippen molar-refractivity contribution in [3.05, 3.63) is 93.5 Å². The summed E-state index contributed by atoms with van der Waals surface area (Å²) in [5.74, 6) is -0.383. The van der Waals surface area contributed by atoms with E-state index in [1.807, 2.05) is 20.8 Å². The number of ether oxygens (including phenoxy) is 2. The van der Waals surface area contributed by atoms with Gasteiger partial charge in [-0.3, -0.25) is 14.5 Å². The second-order valence-electron chi connectivity index (χ2n) is 8.28. The summed E-state index contributed by atoms with van der Waals surface area (Å²) in [5, 5.41) is 12.0. The van der Waals surface area contributed by atoms with E-state index in [0.29, 0.717) is 45.5 Å². The highest BCUT2D eigenvalue weighted by Crippen LogP contribution is 2.43. The van der Waals surface area contributed by atoms with Crippen molar-refractivity contribution >= 4 is 34.7 Å². The lowest BCUT2D eigenvalue weighted by Crippen LogP contribution is -2.29. The Balaban J connectivity index is 1.93. The van der Waals surface area contributed by atoms with Crippen LogP contribution in [0.25, 0.3) is 5.76 Å². The number of aliphatic hydroxyl groups is 1. The van der Waals surface area contributed by atoms with Crippen LogP contribution in [0.1, 0.15) is 35.2 Å². The number of methoxy groups -OCH3 is 1. The first-order valence-electron chi connectivity index (χ1n) is 11.2. The molecule has 4 rings (SSSR count). The summed E-state index contributed by atoms with van der Waals surface area (Å²) in [4.78, 5) is 28.0. The van der Waals surface area contributed by atoms with Crippen molar-refractivity contribution in [3.8, 4) is 11.5 Å². The first kappa shape index (κ1) is 24.4. The van der Waals surface area contributed by atoms with Crippen molar-refractivity contribution in [3.63, 3.8) is 0 Å². The Hall–Kier alpha value is -3.77. The van der Waals surface area contributed by atoms with Gasteiger partial charge in [0.2, 0.25) is 0 Å². The van der Waals surface area contributed by atoms with Gasteiger partial charge < -0.3 is 14.6 Å². The van der Waals surface area contributed by atoms with E-state index in [1.54, 1.807) is 67.8 Å². The minimum Gasteiger partial charge on any atom is -0.507 e. The fraction of sp³-hybridized carbons (Fsp3) is 0.214. The van der Waals surface area contributed by atoms with Gasteiger partial charge in [0.05, 0.1) is 25.3 Å². The van der Waals surface area contributed by atoms with Gasteiger partial charge in [0.25, 0.3) is 11.7 Å². The third-order valence-electron chi connectivity index (χ3n) is 6.05. The van der Waals surface area contributed by atoms with Gasteiger partial charge in [-0.1, -0.05) is 23.7 Å². The van der Waals surface area contributed by atoms with Gasteiger partial charge in [-0.25, -0.2) is 0 Å². The van der Waals surface area contributed by atoms with E-state index >= 15 is 0 Å². The molecular weight excluding hydrogens is 466 g/mol. The molecule has 3 aromatic carbocycles. The summed E-state index contributed by atoms with van der Waals surface area (Å²) >= 11 is 6.06. The van der Waals surface area contributed by atoms with Crippen LogP contribution < -0.4 is 14.4 Å². The van der Waals surface area contributed by atoms with E-state index in [0.717, 1.165) is 5.56 Å². The standard InChI is InChI=1S/C28H26ClNO5/c1-5-35-21-12-6-18(7-13-21)25-24(26(31)22-14-17(3)23(34-4)15-16(22)2)27(32)28(33)30(25)20-10-8-19(29)9-11-20/h6-15,25,31H,5H2,1-4H3/b26-24+. The molecule has 0 spiro atoms. The molecule has 1 N–H and O–H groups in total. The monoisotopic (exact) mass is 491 g/mol. The Kier molecular flexibility index (Phi) is 6.85. The molecular formula is C28H26ClNO5. The van der Waals surface area contributed by atoms with Crippen LogP contribution in [-0.2, 0) is 9.59 Å². The van der Waals surface area contributed by atoms with Crippen molar-refractivity contribution < 1.29 is 24.2 Å². The van der Waals surface area contributed by atoms with Gasteiger partial charge in [-0.2, -0.15) is 0 Å². The zero-order chi connectivity index (χ0) is 25.3. The Labute approximate surface area is 209 Å². The summed E-state index contributed by atoms with van der Waals surface area (Å²) in [6.45, 7) is 6.07. The van der Waals surface area contributed by atoms with Gasteiger partial charge in [0.1, 0.15) is 17.3 Å². The van der Waals surface area contributed by atoms with Gasteiger partial charge in [0.15, 0.2) is 0 Å². The zero-order valence-electron chi connectivity index (χ0n) is 20.0. The van der Waals surface area contributed by atoms with E-state index in [1.165, 1.54) is 4.90 Å². The number of anilines is 1. The number of hydrogen-bond donors (Lipinski definition) is 1. The maximum atomic E-state index is 13.4. The Morgan fingerprint density at radius 2 is 1.66 bits per heavy atom. The van der Waals surface area contributed by atoms with E-state index in [-0.39, 0.29) is 11.3 Å². The molecule has 0 aromatic heterocycles. The molecule has 6 nitrogen and oxygen atoms in total. The Bertz CT molecular complexity index is 1310. The number of ketones is 1. The molecule has 0 radical (unpaired) electrons. The van der Waals surface area contributed by atoms with Crippen molar-refractivity contribution in [2.75, 3.05) is 18.6 Å². The lowest BCUT2D eigenvalue weighted by molar-refractivity contribution is -0.132. The maximum Gasteiger partial charge on any atom is 0.300 e. The molecule has 1 fully saturated rings. The molecule has 1 saturated heterocycles. The second kappa shape index (κ2) is 9.84. The summed E-state index contributed by atoms with van der Waals surface area (Å²) in [7, 11) is 1.57. The quantitative estimate of drug-likeness (QED) is 0.260. The van der Waals surface area contributed by atoms with Crippen LogP contribution in [0.15, 0.2) is 66.2 Å². The van der Waals surface area contributed by atoms with E-state index in [2.05, 4.69) is 0 Å². The minimum absolute atomic E-state index is 0.0155. The normalized spacial score (nSPS) is 17.1. The van der Waals surface area contributed by atoms with Crippen LogP contribution in [0.2, 0.25) is 5.02 Å². The molecule has 180 valence electrons. The fourth-order valence-electron chi connectivity index (χ4n) is 4.34. The van der Waals surface area contributed by atoms with Crippen LogP contribution in [-0.4, -0.2) is 30.5 Å². The number of benzene rings is 3. The minimum atomic E-state index is -0.839. The van der Waals surface area contributed by atoms with Gasteiger partial charge in [0, 0.05) is 16.3 Å². The number of Topliss-reactive ketones (excluding diaryl/α,β-unsaturated/α-hetero) is 1. The molecule has 1 amide bonds. The number of carbonyl (C=O) groups excluding carboxylic acids is 2. The first-order chi connectivity index (χ1) is 16.8. The third kappa shape index (κ3) is 4.49. The lowest BCUT2D eigenvalue weighted by Gasteiger charge is -2.26. The predicted octanol–water partition coefficient (Wildman–Crippen LogP) is 5.99. The van der Waals surface area contributed by atoms with Crippen LogP contribution >= 0.6 is 11.6 Å². The third-order valence-corrected chi connectivity index (χ3v) is 6.31. The summed E-state index contributed by atoms with van der Waals surface area (Å²) in [5.41, 5.74) is 3.15. The number of nitrogens with zero attached hydrogens (tertiary/aromatic N) is 1. The SMILES string of the molecule is CCOc1ccc(C2/C(=C(\O)c3cc(C)c(OC)cc3C)C(=O)C(=O)N2c2ccc(Cl)cc2)cc1. The number of hydrogen-bond acceptors (Lipinski definition) is 5. The summed E-state index contributed by atoms with van der Waals surface area (Å²) in [6.07, 6.45) is 0. The maximum absolute atomic E-state index is 13.4. The fourth-order valence-corrected chi connectivity index (χ4v) is 4.46. The molecule has 3 aromatic rings. The molecule has 0 bridgehead atoms. The van der Waals surface area contributed by atoms with Gasteiger partial charge in [-0.05, 0) is 86.0 Å². The number of halogens is 1. The van der Waals surface area contributed by atoms with Crippen molar-refractivity contribution in [1.29, 1.82) is 0 Å². The second-order valence-corrected chi connectivity index (χ2v) is 8.72. The molecule has 1 unspecified atom stereocenters. The molecule has 1 atom stereocenters. The Morgan fingerprint density at radius 1 is 1.00 bits per heavy atom. The summed E-state index contributed by atoms with van der Waals surface area (Å²) in [6, 6.07) is 16.5. The highest BCUT2D eigenvalue weighted by molar-refractivity contribution is 6.51. The lowest BCUT2D eigenvalue weighted by atomic mass is 9.93. The van der Waals surface area contributed by atoms with Crippen LogP contribution in [0.5, 0.6) is 11.5 Å². The average Bonchev–Trinajstić information content (AvgIpc) is 3.11. The van der Waals surface area contributed by atoms with Gasteiger partial charge >= 0.3 is 0 Å². The number of amides is 1. The highest BCUT2D eigenvalue weighted by atomic mass is 35.5. The molecule has 1 aliphatic rings.